The van der Waals surface area contributed by atoms with Crippen LogP contribution in [0.25, 0.3) is 0 Å². The van der Waals surface area contributed by atoms with Gasteiger partial charge < -0.3 is 14.0 Å². The monoisotopic (exact) mass is 440 g/mol. The van der Waals surface area contributed by atoms with Crippen LogP contribution in [0, 0.1) is 5.92 Å². The molecule has 2 aromatic rings. The Morgan fingerprint density at radius 3 is 2.04 bits per heavy atom. The minimum atomic E-state index is -3.86. The fourth-order valence-electron chi connectivity index (χ4n) is 2.35. The first-order valence-corrected chi connectivity index (χ1v) is 10.5. The van der Waals surface area contributed by atoms with Crippen molar-refractivity contribution in [3.05, 3.63) is 52.5 Å². The highest BCUT2D eigenvalue weighted by molar-refractivity contribution is 9.10. The number of halogens is 1. The summed E-state index contributed by atoms with van der Waals surface area (Å²) >= 11 is 3.35. The third kappa shape index (κ3) is 4.37. The maximum atomic E-state index is 13.8. The SMILES string of the molecule is COc1cccc(OC)c1C(=O)P(=O)(OCC(C)C)c1ccc(Br)cc1. The minimum Gasteiger partial charge on any atom is -0.496 e. The van der Waals surface area contributed by atoms with Crippen LogP contribution >= 0.6 is 23.3 Å². The summed E-state index contributed by atoms with van der Waals surface area (Å²) in [6, 6.07) is 11.7. The van der Waals surface area contributed by atoms with Crippen LogP contribution in [-0.2, 0) is 9.09 Å². The molecule has 1 unspecified atom stereocenters. The van der Waals surface area contributed by atoms with Gasteiger partial charge in [0.25, 0.3) is 5.52 Å². The summed E-state index contributed by atoms with van der Waals surface area (Å²) in [6.45, 7) is 4.05. The molecule has 26 heavy (non-hydrogen) atoms. The van der Waals surface area contributed by atoms with Gasteiger partial charge in [0.1, 0.15) is 17.1 Å². The largest absolute Gasteiger partial charge is 0.496 e. The van der Waals surface area contributed by atoms with Gasteiger partial charge in [0.2, 0.25) is 0 Å². The number of hydrogen-bond donors (Lipinski definition) is 0. The summed E-state index contributed by atoms with van der Waals surface area (Å²) in [6.07, 6.45) is 0. The molecule has 5 nitrogen and oxygen atoms in total. The van der Waals surface area contributed by atoms with Crippen molar-refractivity contribution < 1.29 is 23.4 Å². The van der Waals surface area contributed by atoms with Crippen LogP contribution in [0.5, 0.6) is 11.5 Å². The van der Waals surface area contributed by atoms with Crippen LogP contribution in [-0.4, -0.2) is 26.4 Å². The number of methoxy groups -OCH3 is 2. The van der Waals surface area contributed by atoms with E-state index >= 15 is 0 Å². The molecule has 0 amide bonds. The van der Waals surface area contributed by atoms with E-state index in [-0.39, 0.29) is 18.1 Å². The predicted molar refractivity (Wildman–Crippen MR) is 106 cm³/mol. The van der Waals surface area contributed by atoms with Crippen molar-refractivity contribution in [3.63, 3.8) is 0 Å². The Balaban J connectivity index is 2.61. The van der Waals surface area contributed by atoms with Crippen LogP contribution < -0.4 is 14.8 Å². The van der Waals surface area contributed by atoms with Crippen molar-refractivity contribution in [3.8, 4) is 11.5 Å². The molecule has 2 rings (SSSR count). The molecule has 2 aromatic carbocycles. The lowest BCUT2D eigenvalue weighted by molar-refractivity contribution is 0.104. The van der Waals surface area contributed by atoms with E-state index in [0.717, 1.165) is 4.47 Å². The number of hydrogen-bond acceptors (Lipinski definition) is 5. The van der Waals surface area contributed by atoms with E-state index in [0.29, 0.717) is 16.8 Å². The van der Waals surface area contributed by atoms with Gasteiger partial charge in [-0.25, -0.2) is 0 Å². The highest BCUT2D eigenvalue weighted by Crippen LogP contribution is 2.52. The molecule has 0 aliphatic heterocycles. The molecule has 0 aliphatic rings. The van der Waals surface area contributed by atoms with Gasteiger partial charge in [-0.15, -0.1) is 0 Å². The summed E-state index contributed by atoms with van der Waals surface area (Å²) in [5.74, 6) is 0.700. The van der Waals surface area contributed by atoms with Crippen molar-refractivity contribution in [1.82, 2.24) is 0 Å². The minimum absolute atomic E-state index is 0.117. The van der Waals surface area contributed by atoms with Crippen molar-refractivity contribution in [2.24, 2.45) is 5.92 Å². The predicted octanol–water partition coefficient (Wildman–Crippen LogP) is 4.88. The summed E-state index contributed by atoms with van der Waals surface area (Å²) in [7, 11) is -0.959. The first-order chi connectivity index (χ1) is 12.3. The Morgan fingerprint density at radius 1 is 1.04 bits per heavy atom. The number of benzene rings is 2. The number of rotatable bonds is 8. The molecule has 0 saturated carbocycles. The first-order valence-electron chi connectivity index (χ1n) is 8.10. The highest BCUT2D eigenvalue weighted by atomic mass is 79.9. The molecule has 140 valence electrons. The number of carbonyl (C=O) groups is 1. The average Bonchev–Trinajstić information content (AvgIpc) is 2.65. The molecule has 0 N–H and O–H groups in total. The van der Waals surface area contributed by atoms with Gasteiger partial charge in [0.05, 0.1) is 20.8 Å². The normalized spacial score (nSPS) is 13.3. The summed E-state index contributed by atoms with van der Waals surface area (Å²) in [5.41, 5.74) is -0.526. The van der Waals surface area contributed by atoms with E-state index in [9.17, 15) is 9.36 Å². The molecule has 0 spiro atoms. The molecule has 7 heteroatoms. The topological polar surface area (TPSA) is 61.8 Å². The Labute approximate surface area is 162 Å². The van der Waals surface area contributed by atoms with Gasteiger partial charge in [-0.2, -0.15) is 0 Å². The van der Waals surface area contributed by atoms with E-state index in [1.165, 1.54) is 14.2 Å². The third-order valence-corrected chi connectivity index (χ3v) is 6.44. The van der Waals surface area contributed by atoms with Crippen LogP contribution in [0.15, 0.2) is 46.9 Å². The molecule has 0 bridgehead atoms. The zero-order chi connectivity index (χ0) is 19.3. The van der Waals surface area contributed by atoms with E-state index in [4.69, 9.17) is 14.0 Å². The van der Waals surface area contributed by atoms with Crippen molar-refractivity contribution in [1.29, 1.82) is 0 Å². The second-order valence-electron chi connectivity index (χ2n) is 6.06. The summed E-state index contributed by atoms with van der Waals surface area (Å²) in [4.78, 5) is 13.4. The third-order valence-electron chi connectivity index (χ3n) is 3.67. The van der Waals surface area contributed by atoms with E-state index in [2.05, 4.69) is 15.9 Å². The molecule has 0 fully saturated rings. The molecular formula is C19H22BrO5P. The maximum Gasteiger partial charge on any atom is 0.301 e. The Bertz CT molecular complexity index is 795. The Hall–Kier alpha value is -1.62. The van der Waals surface area contributed by atoms with E-state index in [1.807, 2.05) is 13.8 Å². The van der Waals surface area contributed by atoms with Crippen LogP contribution in [0.4, 0.5) is 0 Å². The lowest BCUT2D eigenvalue weighted by Crippen LogP contribution is -2.18. The van der Waals surface area contributed by atoms with Gasteiger partial charge in [0, 0.05) is 9.78 Å². The van der Waals surface area contributed by atoms with Crippen molar-refractivity contribution in [2.75, 3.05) is 20.8 Å². The van der Waals surface area contributed by atoms with E-state index in [1.54, 1.807) is 42.5 Å². The second kappa shape index (κ2) is 8.85. The summed E-state index contributed by atoms with van der Waals surface area (Å²) < 4.78 is 30.9. The van der Waals surface area contributed by atoms with Crippen molar-refractivity contribution >= 4 is 34.1 Å². The number of ether oxygens (including phenoxy) is 2. The van der Waals surface area contributed by atoms with Crippen LogP contribution in [0.3, 0.4) is 0 Å². The molecule has 1 atom stereocenters. The highest BCUT2D eigenvalue weighted by Gasteiger charge is 2.39. The summed E-state index contributed by atoms with van der Waals surface area (Å²) in [5, 5.41) is 0.333. The average molecular weight is 441 g/mol. The molecule has 0 heterocycles. The Kier molecular flexibility index (Phi) is 7.04. The molecule has 0 radical (unpaired) electrons. The van der Waals surface area contributed by atoms with Gasteiger partial charge in [0.15, 0.2) is 0 Å². The first kappa shape index (κ1) is 20.7. The standard InChI is InChI=1S/C19H22BrO5P/c1-13(2)12-25-26(22,15-10-8-14(20)9-11-15)19(21)18-16(23-3)6-5-7-17(18)24-4/h5-11,13H,12H2,1-4H3. The zero-order valence-corrected chi connectivity index (χ0v) is 17.7. The Morgan fingerprint density at radius 2 is 1.58 bits per heavy atom. The maximum absolute atomic E-state index is 13.8. The van der Waals surface area contributed by atoms with Crippen LogP contribution in [0.1, 0.15) is 24.2 Å². The molecular weight excluding hydrogens is 419 g/mol. The lowest BCUT2D eigenvalue weighted by atomic mass is 10.2. The fourth-order valence-corrected chi connectivity index (χ4v) is 4.68. The molecule has 0 aromatic heterocycles. The van der Waals surface area contributed by atoms with Crippen LogP contribution in [0.2, 0.25) is 0 Å². The smallest absolute Gasteiger partial charge is 0.301 e. The van der Waals surface area contributed by atoms with Gasteiger partial charge in [-0.1, -0.05) is 35.8 Å². The van der Waals surface area contributed by atoms with Gasteiger partial charge in [-0.3, -0.25) is 9.36 Å². The van der Waals surface area contributed by atoms with E-state index < -0.39 is 12.9 Å². The quantitative estimate of drug-likeness (QED) is 0.547. The fraction of sp³-hybridized carbons (Fsp3) is 0.316. The molecule has 0 aliphatic carbocycles. The molecule has 0 saturated heterocycles. The van der Waals surface area contributed by atoms with Gasteiger partial charge >= 0.3 is 7.37 Å². The van der Waals surface area contributed by atoms with Crippen molar-refractivity contribution in [2.45, 2.75) is 13.8 Å². The zero-order valence-electron chi connectivity index (χ0n) is 15.2. The second-order valence-corrected chi connectivity index (χ2v) is 9.26. The van der Waals surface area contributed by atoms with Gasteiger partial charge in [-0.05, 0) is 42.3 Å². The lowest BCUT2D eigenvalue weighted by Gasteiger charge is -2.21. The number of carbonyl (C=O) groups excluding carboxylic acids is 1.